The van der Waals surface area contributed by atoms with Crippen LogP contribution in [0.25, 0.3) is 0 Å². The zero-order valence-corrected chi connectivity index (χ0v) is 18.2. The quantitative estimate of drug-likeness (QED) is 0.518. The van der Waals surface area contributed by atoms with Crippen molar-refractivity contribution in [3.8, 4) is 6.07 Å². The fraction of sp³-hybridized carbons (Fsp3) is 0.150. The third-order valence-electron chi connectivity index (χ3n) is 4.22. The molecule has 0 unspecified atom stereocenters. The van der Waals surface area contributed by atoms with Gasteiger partial charge >= 0.3 is 0 Å². The van der Waals surface area contributed by atoms with Crippen LogP contribution in [0.1, 0.15) is 5.56 Å². The van der Waals surface area contributed by atoms with Crippen LogP contribution < -0.4 is 10.2 Å². The normalized spacial score (nSPS) is 17.8. The van der Waals surface area contributed by atoms with Gasteiger partial charge in [-0.25, -0.2) is 0 Å². The number of benzene rings is 2. The number of nitrogens with zero attached hydrogens (tertiary/aromatic N) is 2. The number of nitriles is 1. The van der Waals surface area contributed by atoms with Gasteiger partial charge in [0.15, 0.2) is 0 Å². The molecule has 1 saturated heterocycles. The van der Waals surface area contributed by atoms with Crippen molar-refractivity contribution < 1.29 is 9.59 Å². The van der Waals surface area contributed by atoms with E-state index in [9.17, 15) is 14.9 Å². The van der Waals surface area contributed by atoms with Crippen LogP contribution in [0.5, 0.6) is 0 Å². The van der Waals surface area contributed by atoms with Crippen LogP contribution in [0.4, 0.5) is 5.69 Å². The van der Waals surface area contributed by atoms with E-state index in [4.69, 9.17) is 34.8 Å². The molecule has 5 nitrogen and oxygen atoms in total. The van der Waals surface area contributed by atoms with Gasteiger partial charge in [-0.05, 0) is 48.4 Å². The number of nitrogens with one attached hydrogen (secondary N) is 1. The van der Waals surface area contributed by atoms with Gasteiger partial charge in [0, 0.05) is 17.8 Å². The minimum Gasteiger partial charge on any atom is -0.354 e. The topological polar surface area (TPSA) is 73.2 Å². The molecule has 2 aromatic rings. The summed E-state index contributed by atoms with van der Waals surface area (Å²) in [6.45, 7) is 0. The minimum absolute atomic E-state index is 0.127. The second-order valence-corrected chi connectivity index (χ2v) is 8.52. The molecule has 148 valence electrons. The molecule has 1 heterocycles. The number of rotatable bonds is 4. The average molecular weight is 467 g/mol. The van der Waals surface area contributed by atoms with Crippen molar-refractivity contribution in [3.63, 3.8) is 0 Å². The van der Waals surface area contributed by atoms with Gasteiger partial charge < -0.3 is 5.32 Å². The van der Waals surface area contributed by atoms with Gasteiger partial charge in [-0.3, -0.25) is 14.5 Å². The molecule has 0 bridgehead atoms. The maximum absolute atomic E-state index is 13.2. The molecule has 29 heavy (non-hydrogen) atoms. The largest absolute Gasteiger partial charge is 0.354 e. The fourth-order valence-electron chi connectivity index (χ4n) is 2.82. The van der Waals surface area contributed by atoms with Gasteiger partial charge in [-0.2, -0.15) is 5.26 Å². The third-order valence-corrected chi connectivity index (χ3v) is 6.48. The first-order chi connectivity index (χ1) is 13.8. The van der Waals surface area contributed by atoms with Gasteiger partial charge in [-0.1, -0.05) is 52.6 Å². The Morgan fingerprint density at radius 3 is 2.45 bits per heavy atom. The van der Waals surface area contributed by atoms with Crippen molar-refractivity contribution >= 4 is 64.1 Å². The lowest BCUT2D eigenvalue weighted by molar-refractivity contribution is -0.117. The number of thioether (sulfide) groups is 1. The molecule has 0 radical (unpaired) electrons. The van der Waals surface area contributed by atoms with Crippen LogP contribution in [0, 0.1) is 11.3 Å². The lowest BCUT2D eigenvalue weighted by atomic mass is 10.1. The first-order valence-corrected chi connectivity index (χ1v) is 10.4. The highest BCUT2D eigenvalue weighted by Crippen LogP contribution is 2.42. The first kappa shape index (κ1) is 21.5. The minimum atomic E-state index is -0.558. The Hall–Kier alpha value is -2.17. The smallest absolute Gasteiger partial charge is 0.264 e. The number of carbonyl (C=O) groups is 2. The Balaban J connectivity index is 2.03. The van der Waals surface area contributed by atoms with Crippen molar-refractivity contribution in [2.24, 2.45) is 0 Å². The molecular formula is C20H14Cl3N3O2S. The molecule has 0 aromatic heterocycles. The Bertz CT molecular complexity index is 1050. The van der Waals surface area contributed by atoms with E-state index in [0.29, 0.717) is 27.2 Å². The number of carbonyl (C=O) groups excluding carboxylic acids is 2. The highest BCUT2D eigenvalue weighted by molar-refractivity contribution is 8.05. The van der Waals surface area contributed by atoms with Gasteiger partial charge in [0.05, 0.1) is 15.3 Å². The zero-order chi connectivity index (χ0) is 21.1. The van der Waals surface area contributed by atoms with Crippen LogP contribution >= 0.6 is 46.6 Å². The lowest BCUT2D eigenvalue weighted by Crippen LogP contribution is -2.31. The van der Waals surface area contributed by atoms with Crippen molar-refractivity contribution in [1.82, 2.24) is 5.32 Å². The van der Waals surface area contributed by atoms with E-state index in [1.54, 1.807) is 42.5 Å². The molecule has 2 aromatic carbocycles. The van der Waals surface area contributed by atoms with Gasteiger partial charge in [0.2, 0.25) is 5.91 Å². The number of anilines is 1. The standard InChI is InChI=1S/C20H14Cl3N3O2S/c1-25-18(27)14(10-24)20-26(13-5-3-12(21)4-6-13)19(28)17(29-20)9-11-2-7-15(22)16(23)8-11/h2-8,17H,9H2,1H3,(H,25,27)/b20-14-/t17-/m0/s1. The maximum Gasteiger partial charge on any atom is 0.264 e. The summed E-state index contributed by atoms with van der Waals surface area (Å²) in [7, 11) is 1.43. The molecular weight excluding hydrogens is 453 g/mol. The molecule has 9 heteroatoms. The van der Waals surface area contributed by atoms with E-state index in [1.165, 1.54) is 23.7 Å². The van der Waals surface area contributed by atoms with E-state index in [-0.39, 0.29) is 16.5 Å². The van der Waals surface area contributed by atoms with Gasteiger partial charge in [0.25, 0.3) is 5.91 Å². The summed E-state index contributed by atoms with van der Waals surface area (Å²) in [5.74, 6) is -0.799. The Labute approximate surface area is 187 Å². The predicted molar refractivity (Wildman–Crippen MR) is 117 cm³/mol. The zero-order valence-electron chi connectivity index (χ0n) is 15.1. The van der Waals surface area contributed by atoms with Gasteiger partial charge in [-0.15, -0.1) is 0 Å². The second-order valence-electron chi connectivity index (χ2n) is 6.08. The summed E-state index contributed by atoms with van der Waals surface area (Å²) >= 11 is 19.2. The van der Waals surface area contributed by atoms with Crippen LogP contribution in [-0.2, 0) is 16.0 Å². The SMILES string of the molecule is CNC(=O)/C(C#N)=C1\S[C@@H](Cc2ccc(Cl)c(Cl)c2)C(=O)N1c1ccc(Cl)cc1. The summed E-state index contributed by atoms with van der Waals surface area (Å²) in [4.78, 5) is 26.8. The molecule has 1 aliphatic rings. The molecule has 1 fully saturated rings. The van der Waals surface area contributed by atoms with Crippen molar-refractivity contribution in [2.45, 2.75) is 11.7 Å². The van der Waals surface area contributed by atoms with E-state index >= 15 is 0 Å². The molecule has 3 rings (SSSR count). The number of hydrogen-bond acceptors (Lipinski definition) is 4. The van der Waals surface area contributed by atoms with Crippen molar-refractivity contribution in [2.75, 3.05) is 11.9 Å². The monoisotopic (exact) mass is 465 g/mol. The highest BCUT2D eigenvalue weighted by Gasteiger charge is 2.40. The second kappa shape index (κ2) is 9.10. The molecule has 1 aliphatic heterocycles. The van der Waals surface area contributed by atoms with Crippen molar-refractivity contribution in [3.05, 3.63) is 73.7 Å². The van der Waals surface area contributed by atoms with E-state index < -0.39 is 11.2 Å². The Morgan fingerprint density at radius 2 is 1.86 bits per heavy atom. The molecule has 1 N–H and O–H groups in total. The van der Waals surface area contributed by atoms with Crippen LogP contribution in [0.3, 0.4) is 0 Å². The molecule has 0 spiro atoms. The molecule has 2 amide bonds. The Morgan fingerprint density at radius 1 is 1.17 bits per heavy atom. The van der Waals surface area contributed by atoms with E-state index in [2.05, 4.69) is 5.32 Å². The van der Waals surface area contributed by atoms with Crippen LogP contribution in [0.15, 0.2) is 53.1 Å². The molecule has 0 saturated carbocycles. The third kappa shape index (κ3) is 4.54. The summed E-state index contributed by atoms with van der Waals surface area (Å²) < 4.78 is 0. The summed E-state index contributed by atoms with van der Waals surface area (Å²) in [6.07, 6.45) is 0.362. The van der Waals surface area contributed by atoms with E-state index in [0.717, 1.165) is 5.56 Å². The number of halogens is 3. The van der Waals surface area contributed by atoms with Crippen LogP contribution in [-0.4, -0.2) is 24.1 Å². The van der Waals surface area contributed by atoms with E-state index in [1.807, 2.05) is 6.07 Å². The Kier molecular flexibility index (Phi) is 6.76. The fourth-order valence-corrected chi connectivity index (χ4v) is 4.57. The lowest BCUT2D eigenvalue weighted by Gasteiger charge is -2.18. The first-order valence-electron chi connectivity index (χ1n) is 8.42. The molecule has 1 atom stereocenters. The highest BCUT2D eigenvalue weighted by atomic mass is 35.5. The summed E-state index contributed by atoms with van der Waals surface area (Å²) in [5.41, 5.74) is 1.22. The molecule has 0 aliphatic carbocycles. The summed E-state index contributed by atoms with van der Waals surface area (Å²) in [5, 5.41) is 13.1. The maximum atomic E-state index is 13.2. The number of likely N-dealkylation sites (N-methyl/N-ethyl adjacent to an activating group) is 1. The average Bonchev–Trinajstić information content (AvgIpc) is 3.01. The summed E-state index contributed by atoms with van der Waals surface area (Å²) in [6, 6.07) is 13.7. The van der Waals surface area contributed by atoms with Gasteiger partial charge in [0.1, 0.15) is 16.7 Å². The van der Waals surface area contributed by atoms with Crippen molar-refractivity contribution in [1.29, 1.82) is 5.26 Å². The number of hydrogen-bond donors (Lipinski definition) is 1. The number of amides is 2. The predicted octanol–water partition coefficient (Wildman–Crippen LogP) is 4.82. The van der Waals surface area contributed by atoms with Crippen LogP contribution in [0.2, 0.25) is 15.1 Å².